The summed E-state index contributed by atoms with van der Waals surface area (Å²) in [7, 11) is 1.30. The van der Waals surface area contributed by atoms with E-state index in [-0.39, 0.29) is 5.69 Å². The van der Waals surface area contributed by atoms with E-state index in [0.29, 0.717) is 18.2 Å². The third-order valence-corrected chi connectivity index (χ3v) is 2.00. The van der Waals surface area contributed by atoms with E-state index >= 15 is 0 Å². The Morgan fingerprint density at radius 3 is 2.73 bits per heavy atom. The predicted octanol–water partition coefficient (Wildman–Crippen LogP) is 1.14. The first-order chi connectivity index (χ1) is 6.97. The molecule has 0 aliphatic carbocycles. The Labute approximate surface area is 88.6 Å². The average molecular weight is 209 g/mol. The van der Waals surface area contributed by atoms with Crippen LogP contribution in [0.4, 0.5) is 5.82 Å². The molecule has 0 aliphatic heterocycles. The van der Waals surface area contributed by atoms with Gasteiger partial charge in [-0.1, -0.05) is 12.2 Å². The van der Waals surface area contributed by atoms with Gasteiger partial charge in [-0.3, -0.25) is 0 Å². The van der Waals surface area contributed by atoms with Crippen LogP contribution in [0, 0.1) is 6.92 Å². The fraction of sp³-hybridized carbons (Fsp3) is 0.400. The normalized spacial score (nSPS) is 10.1. The Kier molecular flexibility index (Phi) is 3.14. The average Bonchev–Trinajstić information content (AvgIpc) is 2.44. The minimum absolute atomic E-state index is 0.163. The monoisotopic (exact) mass is 209 g/mol. The number of nitrogen functional groups attached to an aromatic ring is 1. The summed E-state index contributed by atoms with van der Waals surface area (Å²) in [5, 5.41) is 0. The van der Waals surface area contributed by atoms with Crippen molar-refractivity contribution >= 4 is 11.8 Å². The Balaban J connectivity index is 3.14. The summed E-state index contributed by atoms with van der Waals surface area (Å²) in [5.74, 6) is 0.481. The van der Waals surface area contributed by atoms with Gasteiger partial charge in [-0.15, -0.1) is 0 Å². The lowest BCUT2D eigenvalue weighted by atomic mass is 10.3. The third kappa shape index (κ3) is 2.18. The van der Waals surface area contributed by atoms with Gasteiger partial charge in [-0.05, 0) is 13.8 Å². The van der Waals surface area contributed by atoms with Gasteiger partial charge < -0.3 is 15.0 Å². The molecule has 0 saturated carbocycles. The van der Waals surface area contributed by atoms with Crippen LogP contribution in [0.3, 0.4) is 0 Å². The summed E-state index contributed by atoms with van der Waals surface area (Å²) in [5.41, 5.74) is 6.89. The molecule has 0 fully saturated rings. The maximum atomic E-state index is 11.3. The highest BCUT2D eigenvalue weighted by molar-refractivity contribution is 5.92. The van der Waals surface area contributed by atoms with Crippen LogP contribution in [-0.4, -0.2) is 22.6 Å². The van der Waals surface area contributed by atoms with Crippen molar-refractivity contribution in [2.24, 2.45) is 0 Å². The van der Waals surface area contributed by atoms with Crippen LogP contribution in [0.5, 0.6) is 0 Å². The van der Waals surface area contributed by atoms with Crippen molar-refractivity contribution in [1.82, 2.24) is 9.55 Å². The number of carbonyl (C=O) groups is 1. The van der Waals surface area contributed by atoms with E-state index in [2.05, 4.69) is 16.3 Å². The first-order valence-corrected chi connectivity index (χ1v) is 4.52. The van der Waals surface area contributed by atoms with E-state index in [1.807, 2.05) is 6.92 Å². The number of ether oxygens (including phenoxy) is 1. The lowest BCUT2D eigenvalue weighted by molar-refractivity contribution is 0.0595. The van der Waals surface area contributed by atoms with E-state index in [1.54, 1.807) is 11.5 Å². The molecule has 0 radical (unpaired) electrons. The molecule has 1 aromatic heterocycles. The third-order valence-electron chi connectivity index (χ3n) is 2.00. The number of imidazole rings is 1. The summed E-state index contributed by atoms with van der Waals surface area (Å²) in [6.45, 7) is 8.01. The molecule has 0 unspecified atom stereocenters. The number of anilines is 1. The molecule has 0 atom stereocenters. The van der Waals surface area contributed by atoms with Gasteiger partial charge in [0, 0.05) is 6.54 Å². The number of aromatic nitrogens is 2. The maximum absolute atomic E-state index is 11.3. The molecule has 0 spiro atoms. The predicted molar refractivity (Wildman–Crippen MR) is 57.5 cm³/mol. The molecule has 1 heterocycles. The number of hydrogen-bond acceptors (Lipinski definition) is 4. The summed E-state index contributed by atoms with van der Waals surface area (Å²) in [4.78, 5) is 15.3. The van der Waals surface area contributed by atoms with Gasteiger partial charge in [0.25, 0.3) is 0 Å². The molecule has 1 aromatic rings. The summed E-state index contributed by atoms with van der Waals surface area (Å²) < 4.78 is 6.30. The molecule has 0 aromatic carbocycles. The Bertz CT molecular complexity index is 407. The first-order valence-electron chi connectivity index (χ1n) is 4.52. The van der Waals surface area contributed by atoms with Crippen LogP contribution in [0.25, 0.3) is 0 Å². The molecule has 0 bridgehead atoms. The molecule has 5 nitrogen and oxygen atoms in total. The molecular weight excluding hydrogens is 194 g/mol. The van der Waals surface area contributed by atoms with Crippen molar-refractivity contribution in [2.45, 2.75) is 20.4 Å². The summed E-state index contributed by atoms with van der Waals surface area (Å²) in [6, 6.07) is 0. The van der Waals surface area contributed by atoms with Crippen molar-refractivity contribution in [3.05, 3.63) is 23.7 Å². The molecule has 82 valence electrons. The van der Waals surface area contributed by atoms with Crippen LogP contribution in [0.1, 0.15) is 23.2 Å². The zero-order chi connectivity index (χ0) is 11.6. The molecular formula is C10H15N3O2. The number of allylic oxidation sites excluding steroid dienone is 1. The van der Waals surface area contributed by atoms with E-state index in [9.17, 15) is 4.79 Å². The van der Waals surface area contributed by atoms with Crippen molar-refractivity contribution < 1.29 is 9.53 Å². The van der Waals surface area contributed by atoms with Gasteiger partial charge in [0.2, 0.25) is 0 Å². The summed E-state index contributed by atoms with van der Waals surface area (Å²) >= 11 is 0. The van der Waals surface area contributed by atoms with E-state index in [0.717, 1.165) is 5.57 Å². The molecule has 2 N–H and O–H groups in total. The largest absolute Gasteiger partial charge is 0.464 e. The standard InChI is InChI=1S/C10H15N3O2/c1-6(2)5-13-7(3)12-8(9(13)11)10(14)15-4/h1,5,11H2,2-4H3. The lowest BCUT2D eigenvalue weighted by Crippen LogP contribution is -2.09. The minimum atomic E-state index is -0.518. The van der Waals surface area contributed by atoms with Gasteiger partial charge in [0.15, 0.2) is 5.69 Å². The number of carbonyl (C=O) groups excluding carboxylic acids is 1. The summed E-state index contributed by atoms with van der Waals surface area (Å²) in [6.07, 6.45) is 0. The van der Waals surface area contributed by atoms with Gasteiger partial charge in [-0.2, -0.15) is 0 Å². The number of aryl methyl sites for hydroxylation is 1. The Morgan fingerprint density at radius 1 is 1.67 bits per heavy atom. The van der Waals surface area contributed by atoms with E-state index < -0.39 is 5.97 Å². The van der Waals surface area contributed by atoms with Crippen molar-refractivity contribution in [1.29, 1.82) is 0 Å². The Morgan fingerprint density at radius 2 is 2.27 bits per heavy atom. The second-order valence-electron chi connectivity index (χ2n) is 3.43. The molecule has 15 heavy (non-hydrogen) atoms. The molecule has 1 rings (SSSR count). The van der Waals surface area contributed by atoms with Crippen LogP contribution in [-0.2, 0) is 11.3 Å². The van der Waals surface area contributed by atoms with Crippen molar-refractivity contribution in [2.75, 3.05) is 12.8 Å². The SMILES string of the molecule is C=C(C)Cn1c(C)nc(C(=O)OC)c1N. The number of esters is 1. The van der Waals surface area contributed by atoms with Crippen LogP contribution < -0.4 is 5.73 Å². The number of hydrogen-bond donors (Lipinski definition) is 1. The van der Waals surface area contributed by atoms with Gasteiger partial charge >= 0.3 is 5.97 Å². The number of rotatable bonds is 3. The Hall–Kier alpha value is -1.78. The smallest absolute Gasteiger partial charge is 0.360 e. The lowest BCUT2D eigenvalue weighted by Gasteiger charge is -2.06. The maximum Gasteiger partial charge on any atom is 0.360 e. The zero-order valence-corrected chi connectivity index (χ0v) is 9.20. The second-order valence-corrected chi connectivity index (χ2v) is 3.43. The van der Waals surface area contributed by atoms with Gasteiger partial charge in [-0.25, -0.2) is 9.78 Å². The van der Waals surface area contributed by atoms with Crippen LogP contribution >= 0.6 is 0 Å². The fourth-order valence-electron chi connectivity index (χ4n) is 1.30. The van der Waals surface area contributed by atoms with Crippen molar-refractivity contribution in [3.63, 3.8) is 0 Å². The van der Waals surface area contributed by atoms with Crippen molar-refractivity contribution in [3.8, 4) is 0 Å². The topological polar surface area (TPSA) is 70.1 Å². The second kappa shape index (κ2) is 4.16. The quantitative estimate of drug-likeness (QED) is 0.598. The molecule has 0 amide bonds. The van der Waals surface area contributed by atoms with E-state index in [1.165, 1.54) is 7.11 Å². The minimum Gasteiger partial charge on any atom is -0.464 e. The van der Waals surface area contributed by atoms with Gasteiger partial charge in [0.05, 0.1) is 7.11 Å². The zero-order valence-electron chi connectivity index (χ0n) is 9.20. The number of nitrogens with two attached hydrogens (primary N) is 1. The van der Waals surface area contributed by atoms with Gasteiger partial charge in [0.1, 0.15) is 11.6 Å². The first kappa shape index (κ1) is 11.3. The fourth-order valence-corrected chi connectivity index (χ4v) is 1.30. The number of nitrogens with zero attached hydrogens (tertiary/aromatic N) is 2. The van der Waals surface area contributed by atoms with E-state index in [4.69, 9.17) is 5.73 Å². The highest BCUT2D eigenvalue weighted by atomic mass is 16.5. The van der Waals surface area contributed by atoms with Crippen LogP contribution in [0.2, 0.25) is 0 Å². The highest BCUT2D eigenvalue weighted by Crippen LogP contribution is 2.16. The van der Waals surface area contributed by atoms with Crippen LogP contribution in [0.15, 0.2) is 12.2 Å². The molecule has 0 aliphatic rings. The molecule has 0 saturated heterocycles. The molecule has 5 heteroatoms. The number of methoxy groups -OCH3 is 1. The highest BCUT2D eigenvalue weighted by Gasteiger charge is 2.18.